The lowest BCUT2D eigenvalue weighted by atomic mass is 9.95. The first-order valence-electron chi connectivity index (χ1n) is 14.1. The Balaban J connectivity index is 1.10. The van der Waals surface area contributed by atoms with Gasteiger partial charge in [0.05, 0.1) is 26.7 Å². The average Bonchev–Trinajstić information content (AvgIpc) is 3.64. The van der Waals surface area contributed by atoms with E-state index in [0.29, 0.717) is 44.1 Å². The van der Waals surface area contributed by atoms with Crippen molar-refractivity contribution in [3.8, 4) is 17.1 Å². The summed E-state index contributed by atoms with van der Waals surface area (Å²) in [7, 11) is 0. The molecule has 0 aliphatic heterocycles. The van der Waals surface area contributed by atoms with E-state index < -0.39 is 0 Å². The van der Waals surface area contributed by atoms with Crippen LogP contribution in [0.3, 0.4) is 0 Å². The second kappa shape index (κ2) is 14.3. The number of thioether (sulfide) groups is 2. The van der Waals surface area contributed by atoms with Gasteiger partial charge in [0.25, 0.3) is 0 Å². The molecule has 1 aliphatic rings. The normalized spacial score (nSPS) is 13.7. The maximum Gasteiger partial charge on any atom is 0.234 e. The molecule has 0 radical (unpaired) electrons. The van der Waals surface area contributed by atoms with Crippen LogP contribution in [-0.2, 0) is 9.59 Å². The maximum atomic E-state index is 13.0. The first-order chi connectivity index (χ1) is 21.4. The largest absolute Gasteiger partial charge is 0.353 e. The molecule has 3 aromatic carbocycles. The molecule has 0 atom stereocenters. The van der Waals surface area contributed by atoms with Crippen molar-refractivity contribution in [2.75, 3.05) is 16.8 Å². The van der Waals surface area contributed by atoms with Crippen LogP contribution in [-0.4, -0.2) is 49.1 Å². The number of hydrogen-bond acceptors (Lipinski definition) is 8. The van der Waals surface area contributed by atoms with Crippen LogP contribution in [0.2, 0.25) is 10.0 Å². The number of hydrogen-bond donors (Lipinski definition) is 2. The monoisotopic (exact) mass is 682 g/mol. The molecule has 6 rings (SSSR count). The number of fused-ring (bicyclic) bond motifs is 1. The number of amides is 2. The zero-order valence-electron chi connectivity index (χ0n) is 23.5. The topological polar surface area (TPSA) is 102 Å². The molecule has 226 valence electrons. The van der Waals surface area contributed by atoms with E-state index in [2.05, 4.69) is 25.8 Å². The molecule has 1 fully saturated rings. The van der Waals surface area contributed by atoms with Crippen LogP contribution in [0.1, 0.15) is 32.1 Å². The third-order valence-electron chi connectivity index (χ3n) is 7.10. The molecule has 1 saturated carbocycles. The van der Waals surface area contributed by atoms with Crippen LogP contribution >= 0.6 is 58.1 Å². The summed E-state index contributed by atoms with van der Waals surface area (Å²) in [6.45, 7) is 0. The number of benzene rings is 3. The van der Waals surface area contributed by atoms with Crippen LogP contribution in [0, 0.1) is 0 Å². The van der Waals surface area contributed by atoms with Crippen molar-refractivity contribution >= 4 is 85.8 Å². The summed E-state index contributed by atoms with van der Waals surface area (Å²) < 4.78 is 3.65. The average molecular weight is 684 g/mol. The highest BCUT2D eigenvalue weighted by Gasteiger charge is 2.20. The van der Waals surface area contributed by atoms with Crippen LogP contribution in [0.4, 0.5) is 5.69 Å². The van der Waals surface area contributed by atoms with E-state index in [0.717, 1.165) is 33.1 Å². The second-order valence-electron chi connectivity index (χ2n) is 10.3. The van der Waals surface area contributed by atoms with E-state index in [1.165, 1.54) is 54.1 Å². The van der Waals surface area contributed by atoms with E-state index in [-0.39, 0.29) is 17.6 Å². The lowest BCUT2D eigenvalue weighted by Crippen LogP contribution is -2.37. The molecular formula is C31H28Cl2N6O2S3. The van der Waals surface area contributed by atoms with Gasteiger partial charge in [0, 0.05) is 28.0 Å². The molecule has 2 heterocycles. The molecule has 0 unspecified atom stereocenters. The third-order valence-corrected chi connectivity index (χ3v) is 10.7. The summed E-state index contributed by atoms with van der Waals surface area (Å²) in [6, 6.07) is 20.8. The summed E-state index contributed by atoms with van der Waals surface area (Å²) >= 11 is 16.9. The summed E-state index contributed by atoms with van der Waals surface area (Å²) in [4.78, 5) is 30.1. The van der Waals surface area contributed by atoms with Crippen molar-refractivity contribution in [3.63, 3.8) is 0 Å². The molecule has 2 aromatic heterocycles. The van der Waals surface area contributed by atoms with Crippen LogP contribution < -0.4 is 10.6 Å². The third kappa shape index (κ3) is 7.58. The smallest absolute Gasteiger partial charge is 0.234 e. The zero-order chi connectivity index (χ0) is 30.5. The zero-order valence-corrected chi connectivity index (χ0v) is 27.4. The number of halogens is 2. The summed E-state index contributed by atoms with van der Waals surface area (Å²) in [5.41, 5.74) is 3.04. The first-order valence-corrected chi connectivity index (χ1v) is 17.7. The Bertz CT molecular complexity index is 1790. The molecule has 44 heavy (non-hydrogen) atoms. The van der Waals surface area contributed by atoms with Gasteiger partial charge in [-0.3, -0.25) is 14.2 Å². The summed E-state index contributed by atoms with van der Waals surface area (Å²) in [5.74, 6) is 0.893. The molecule has 0 spiro atoms. The van der Waals surface area contributed by atoms with Crippen molar-refractivity contribution < 1.29 is 9.59 Å². The molecule has 8 nitrogen and oxygen atoms in total. The van der Waals surface area contributed by atoms with Crippen LogP contribution in [0.5, 0.6) is 0 Å². The fraction of sp³-hybridized carbons (Fsp3) is 0.258. The van der Waals surface area contributed by atoms with Gasteiger partial charge >= 0.3 is 0 Å². The van der Waals surface area contributed by atoms with Gasteiger partial charge in [-0.25, -0.2) is 4.98 Å². The van der Waals surface area contributed by atoms with Crippen molar-refractivity contribution in [2.24, 2.45) is 0 Å². The molecule has 5 aromatic rings. The van der Waals surface area contributed by atoms with E-state index >= 15 is 0 Å². The fourth-order valence-corrected chi connectivity index (χ4v) is 8.20. The quantitative estimate of drug-likeness (QED) is 0.143. The number of nitrogens with one attached hydrogen (secondary N) is 2. The Kier molecular flexibility index (Phi) is 10.1. The van der Waals surface area contributed by atoms with Crippen LogP contribution in [0.25, 0.3) is 27.3 Å². The highest BCUT2D eigenvalue weighted by atomic mass is 35.5. The lowest BCUT2D eigenvalue weighted by Gasteiger charge is -2.22. The Morgan fingerprint density at radius 3 is 2.50 bits per heavy atom. The number of thiazole rings is 1. The van der Waals surface area contributed by atoms with Gasteiger partial charge in [-0.15, -0.1) is 21.5 Å². The number of aromatic nitrogens is 4. The van der Waals surface area contributed by atoms with E-state index in [4.69, 9.17) is 23.2 Å². The molecular weight excluding hydrogens is 655 g/mol. The van der Waals surface area contributed by atoms with Gasteiger partial charge in [-0.2, -0.15) is 0 Å². The molecule has 2 N–H and O–H groups in total. The van der Waals surface area contributed by atoms with Crippen LogP contribution in [0.15, 0.2) is 76.2 Å². The second-order valence-corrected chi connectivity index (χ2v) is 14.3. The number of nitrogens with zero attached hydrogens (tertiary/aromatic N) is 4. The highest BCUT2D eigenvalue weighted by molar-refractivity contribution is 8.01. The Labute approximate surface area is 277 Å². The Hall–Kier alpha value is -3.09. The predicted octanol–water partition coefficient (Wildman–Crippen LogP) is 8.12. The van der Waals surface area contributed by atoms with Crippen molar-refractivity contribution in [1.29, 1.82) is 0 Å². The van der Waals surface area contributed by atoms with Crippen molar-refractivity contribution in [2.45, 2.75) is 47.6 Å². The summed E-state index contributed by atoms with van der Waals surface area (Å²) in [5, 5.41) is 16.5. The fourth-order valence-electron chi connectivity index (χ4n) is 5.03. The number of para-hydroxylation sites is 1. The molecule has 0 saturated heterocycles. The number of anilines is 1. The molecule has 1 aliphatic carbocycles. The van der Waals surface area contributed by atoms with Gasteiger partial charge in [-0.1, -0.05) is 84.2 Å². The van der Waals surface area contributed by atoms with Gasteiger partial charge < -0.3 is 10.6 Å². The minimum Gasteiger partial charge on any atom is -0.353 e. The number of carbonyl (C=O) groups excluding carboxylic acids is 2. The van der Waals surface area contributed by atoms with Crippen molar-refractivity contribution in [1.82, 2.24) is 25.1 Å². The van der Waals surface area contributed by atoms with E-state index in [9.17, 15) is 9.59 Å². The van der Waals surface area contributed by atoms with Gasteiger partial charge in [0.15, 0.2) is 15.3 Å². The Morgan fingerprint density at radius 2 is 1.70 bits per heavy atom. The van der Waals surface area contributed by atoms with Gasteiger partial charge in [0.2, 0.25) is 11.8 Å². The van der Waals surface area contributed by atoms with Crippen molar-refractivity contribution in [3.05, 3.63) is 76.8 Å². The minimum atomic E-state index is -0.179. The minimum absolute atomic E-state index is 0.0538. The standard InChI is InChI=1S/C31H28Cl2N6O2S3/c32-19-11-13-23(24(33)15-19)29-37-38-30(39(29)22-9-5-2-6-10-22)42-17-27(40)35-21-12-14-25-26(16-21)44-31(36-25)43-18-28(41)34-20-7-3-1-4-8-20/h2,5-6,9-16,20H,1,3-4,7-8,17-18H2,(H,34,41)(H,35,40). The SMILES string of the molecule is O=C(CSc1nnc(-c2ccc(Cl)cc2Cl)n1-c1ccccc1)Nc1ccc2nc(SCC(=O)NC3CCCCC3)sc2c1. The maximum absolute atomic E-state index is 13.0. The summed E-state index contributed by atoms with van der Waals surface area (Å²) in [6.07, 6.45) is 5.76. The predicted molar refractivity (Wildman–Crippen MR) is 182 cm³/mol. The highest BCUT2D eigenvalue weighted by Crippen LogP contribution is 2.34. The molecule has 0 bridgehead atoms. The Morgan fingerprint density at radius 1 is 0.909 bits per heavy atom. The van der Waals surface area contributed by atoms with Gasteiger partial charge in [-0.05, 0) is 61.4 Å². The van der Waals surface area contributed by atoms with E-state index in [1.807, 2.05) is 53.1 Å². The number of carbonyl (C=O) groups is 2. The van der Waals surface area contributed by atoms with E-state index in [1.54, 1.807) is 18.2 Å². The molecule has 13 heteroatoms. The first kappa shape index (κ1) is 30.9. The number of rotatable bonds is 10. The van der Waals surface area contributed by atoms with Gasteiger partial charge in [0.1, 0.15) is 0 Å². The molecule has 2 amide bonds. The lowest BCUT2D eigenvalue weighted by molar-refractivity contribution is -0.119.